The van der Waals surface area contributed by atoms with Crippen LogP contribution in [0.25, 0.3) is 0 Å². The fraction of sp³-hybridized carbons (Fsp3) is 0.462. The number of carbonyl (C=O) groups excluding carboxylic acids is 1. The van der Waals surface area contributed by atoms with Crippen molar-refractivity contribution in [2.75, 3.05) is 6.54 Å². The summed E-state index contributed by atoms with van der Waals surface area (Å²) in [6.45, 7) is 0.696. The minimum absolute atomic E-state index is 0.193. The van der Waals surface area contributed by atoms with Crippen LogP contribution in [0.15, 0.2) is 18.2 Å². The van der Waals surface area contributed by atoms with E-state index in [9.17, 15) is 4.79 Å². The van der Waals surface area contributed by atoms with E-state index in [1.807, 2.05) is 6.07 Å². The SMILES string of the molecule is N#Cc1cccc(C(=O)NCCC2CCC2)n1. The molecule has 0 radical (unpaired) electrons. The van der Waals surface area contributed by atoms with Gasteiger partial charge in [0, 0.05) is 6.54 Å². The molecule has 1 heterocycles. The summed E-state index contributed by atoms with van der Waals surface area (Å²) in [6.07, 6.45) is 4.95. The van der Waals surface area contributed by atoms with Crippen molar-refractivity contribution in [2.24, 2.45) is 5.92 Å². The average molecular weight is 229 g/mol. The molecule has 0 saturated heterocycles. The second kappa shape index (κ2) is 5.44. The molecule has 1 fully saturated rings. The molecule has 4 heteroatoms. The van der Waals surface area contributed by atoms with Crippen molar-refractivity contribution in [3.8, 4) is 6.07 Å². The Morgan fingerprint density at radius 1 is 1.53 bits per heavy atom. The first-order valence-corrected chi connectivity index (χ1v) is 5.95. The third-order valence-electron chi connectivity index (χ3n) is 3.16. The molecule has 1 saturated carbocycles. The van der Waals surface area contributed by atoms with Gasteiger partial charge in [-0.1, -0.05) is 25.3 Å². The normalized spacial score (nSPS) is 14.8. The van der Waals surface area contributed by atoms with Gasteiger partial charge in [0.15, 0.2) is 0 Å². The summed E-state index contributed by atoms with van der Waals surface area (Å²) in [7, 11) is 0. The highest BCUT2D eigenvalue weighted by atomic mass is 16.1. The Bertz CT molecular complexity index is 446. The Morgan fingerprint density at radius 2 is 2.35 bits per heavy atom. The third-order valence-corrected chi connectivity index (χ3v) is 3.16. The lowest BCUT2D eigenvalue weighted by Gasteiger charge is -2.25. The zero-order valence-electron chi connectivity index (χ0n) is 9.65. The number of pyridine rings is 1. The molecule has 0 atom stereocenters. The number of hydrogen-bond donors (Lipinski definition) is 1. The minimum Gasteiger partial charge on any atom is -0.351 e. The summed E-state index contributed by atoms with van der Waals surface area (Å²) in [6, 6.07) is 6.81. The maximum absolute atomic E-state index is 11.7. The molecule has 2 rings (SSSR count). The second-order valence-corrected chi connectivity index (χ2v) is 4.36. The maximum atomic E-state index is 11.7. The first-order valence-electron chi connectivity index (χ1n) is 5.95. The number of carbonyl (C=O) groups is 1. The van der Waals surface area contributed by atoms with Crippen molar-refractivity contribution >= 4 is 5.91 Å². The van der Waals surface area contributed by atoms with E-state index in [4.69, 9.17) is 5.26 Å². The van der Waals surface area contributed by atoms with Crippen LogP contribution < -0.4 is 5.32 Å². The monoisotopic (exact) mass is 229 g/mol. The molecule has 1 aliphatic carbocycles. The summed E-state index contributed by atoms with van der Waals surface area (Å²) in [4.78, 5) is 15.7. The smallest absolute Gasteiger partial charge is 0.269 e. The summed E-state index contributed by atoms with van der Waals surface area (Å²) in [5, 5.41) is 11.5. The number of amides is 1. The molecule has 0 bridgehead atoms. The van der Waals surface area contributed by atoms with Crippen LogP contribution in [0.2, 0.25) is 0 Å². The minimum atomic E-state index is -0.193. The van der Waals surface area contributed by atoms with Crippen molar-refractivity contribution in [2.45, 2.75) is 25.7 Å². The lowest BCUT2D eigenvalue weighted by Crippen LogP contribution is -2.28. The second-order valence-electron chi connectivity index (χ2n) is 4.36. The lowest BCUT2D eigenvalue weighted by atomic mass is 9.83. The zero-order chi connectivity index (χ0) is 12.1. The van der Waals surface area contributed by atoms with Crippen molar-refractivity contribution in [1.29, 1.82) is 5.26 Å². The Hall–Kier alpha value is -1.89. The van der Waals surface area contributed by atoms with Gasteiger partial charge in [-0.25, -0.2) is 4.98 Å². The molecule has 1 amide bonds. The van der Waals surface area contributed by atoms with E-state index >= 15 is 0 Å². The fourth-order valence-corrected chi connectivity index (χ4v) is 1.89. The van der Waals surface area contributed by atoms with Crippen LogP contribution in [-0.4, -0.2) is 17.4 Å². The van der Waals surface area contributed by atoms with Gasteiger partial charge in [0.25, 0.3) is 5.91 Å². The largest absolute Gasteiger partial charge is 0.351 e. The molecule has 88 valence electrons. The standard InChI is InChI=1S/C13H15N3O/c14-9-11-5-2-6-12(16-11)13(17)15-8-7-10-3-1-4-10/h2,5-6,10H,1,3-4,7-8H2,(H,15,17). The predicted molar refractivity (Wildman–Crippen MR) is 63.2 cm³/mol. The van der Waals surface area contributed by atoms with Gasteiger partial charge in [-0.05, 0) is 24.5 Å². The van der Waals surface area contributed by atoms with Crippen LogP contribution >= 0.6 is 0 Å². The molecule has 1 N–H and O–H groups in total. The van der Waals surface area contributed by atoms with Gasteiger partial charge >= 0.3 is 0 Å². The molecule has 0 spiro atoms. The molecule has 0 aromatic carbocycles. The summed E-state index contributed by atoms with van der Waals surface area (Å²) in [5.41, 5.74) is 0.592. The quantitative estimate of drug-likeness (QED) is 0.857. The van der Waals surface area contributed by atoms with E-state index in [2.05, 4.69) is 10.3 Å². The number of nitriles is 1. The van der Waals surface area contributed by atoms with Crippen LogP contribution in [0.1, 0.15) is 41.9 Å². The van der Waals surface area contributed by atoms with E-state index < -0.39 is 0 Å². The molecule has 1 aromatic rings. The first kappa shape index (κ1) is 11.6. The zero-order valence-corrected chi connectivity index (χ0v) is 9.65. The Balaban J connectivity index is 1.83. The maximum Gasteiger partial charge on any atom is 0.269 e. The Labute approximate surface area is 101 Å². The van der Waals surface area contributed by atoms with Gasteiger partial charge in [0.05, 0.1) is 0 Å². The number of nitrogens with zero attached hydrogens (tertiary/aromatic N) is 2. The van der Waals surface area contributed by atoms with Gasteiger partial charge < -0.3 is 5.32 Å². The number of hydrogen-bond acceptors (Lipinski definition) is 3. The summed E-state index contributed by atoms with van der Waals surface area (Å²) >= 11 is 0. The van der Waals surface area contributed by atoms with Gasteiger partial charge in [0.1, 0.15) is 17.5 Å². The molecule has 0 aliphatic heterocycles. The molecule has 1 aromatic heterocycles. The van der Waals surface area contributed by atoms with Crippen LogP contribution in [0, 0.1) is 17.2 Å². The highest BCUT2D eigenvalue weighted by Gasteiger charge is 2.17. The van der Waals surface area contributed by atoms with Gasteiger partial charge in [0.2, 0.25) is 0 Å². The van der Waals surface area contributed by atoms with Crippen LogP contribution in [0.3, 0.4) is 0 Å². The van der Waals surface area contributed by atoms with Gasteiger partial charge in [-0.15, -0.1) is 0 Å². The number of rotatable bonds is 4. The predicted octanol–water partition coefficient (Wildman–Crippen LogP) is 1.87. The van der Waals surface area contributed by atoms with Crippen molar-refractivity contribution in [1.82, 2.24) is 10.3 Å². The third kappa shape index (κ3) is 3.04. The van der Waals surface area contributed by atoms with Crippen molar-refractivity contribution in [3.05, 3.63) is 29.6 Å². The van der Waals surface area contributed by atoms with E-state index in [1.165, 1.54) is 19.3 Å². The average Bonchev–Trinajstić information content (AvgIpc) is 2.32. The van der Waals surface area contributed by atoms with Gasteiger partial charge in [-0.3, -0.25) is 4.79 Å². The van der Waals surface area contributed by atoms with E-state index in [0.29, 0.717) is 12.2 Å². The summed E-state index contributed by atoms with van der Waals surface area (Å²) in [5.74, 6) is 0.593. The van der Waals surface area contributed by atoms with E-state index in [0.717, 1.165) is 12.3 Å². The highest BCUT2D eigenvalue weighted by Crippen LogP contribution is 2.28. The molecular weight excluding hydrogens is 214 g/mol. The molecule has 17 heavy (non-hydrogen) atoms. The number of nitrogens with one attached hydrogen (secondary N) is 1. The first-order chi connectivity index (χ1) is 8.29. The van der Waals surface area contributed by atoms with E-state index in [-0.39, 0.29) is 11.6 Å². The van der Waals surface area contributed by atoms with Crippen LogP contribution in [0.4, 0.5) is 0 Å². The Kier molecular flexibility index (Phi) is 3.71. The Morgan fingerprint density at radius 3 is 3.00 bits per heavy atom. The number of aromatic nitrogens is 1. The molecule has 1 aliphatic rings. The van der Waals surface area contributed by atoms with Crippen molar-refractivity contribution < 1.29 is 4.79 Å². The molecule has 0 unspecified atom stereocenters. The fourth-order valence-electron chi connectivity index (χ4n) is 1.89. The highest BCUT2D eigenvalue weighted by molar-refractivity contribution is 5.92. The van der Waals surface area contributed by atoms with Gasteiger partial charge in [-0.2, -0.15) is 5.26 Å². The topological polar surface area (TPSA) is 65.8 Å². The molecular formula is C13H15N3O. The molecule has 4 nitrogen and oxygen atoms in total. The summed E-state index contributed by atoms with van der Waals surface area (Å²) < 4.78 is 0. The van der Waals surface area contributed by atoms with Crippen molar-refractivity contribution in [3.63, 3.8) is 0 Å². The van der Waals surface area contributed by atoms with Crippen LogP contribution in [-0.2, 0) is 0 Å². The lowest BCUT2D eigenvalue weighted by molar-refractivity contribution is 0.0944. The van der Waals surface area contributed by atoms with Crippen LogP contribution in [0.5, 0.6) is 0 Å². The van der Waals surface area contributed by atoms with E-state index in [1.54, 1.807) is 18.2 Å².